The molecule has 7 nitrogen and oxygen atoms in total. The fourth-order valence-corrected chi connectivity index (χ4v) is 3.35. The van der Waals surface area contributed by atoms with Crippen LogP contribution in [0.15, 0.2) is 52.1 Å². The molecule has 1 atom stereocenters. The molecule has 1 amide bonds. The molecule has 2 aromatic carbocycles. The molecule has 0 fully saturated rings. The van der Waals surface area contributed by atoms with E-state index in [0.29, 0.717) is 22.2 Å². The van der Waals surface area contributed by atoms with Crippen molar-refractivity contribution in [1.29, 1.82) is 0 Å². The number of halogens is 1. The van der Waals surface area contributed by atoms with Gasteiger partial charge in [-0.1, -0.05) is 12.1 Å². The first-order chi connectivity index (χ1) is 13.9. The van der Waals surface area contributed by atoms with Crippen molar-refractivity contribution in [2.24, 2.45) is 0 Å². The summed E-state index contributed by atoms with van der Waals surface area (Å²) in [6, 6.07) is 10.2. The van der Waals surface area contributed by atoms with Crippen molar-refractivity contribution in [3.05, 3.63) is 74.7 Å². The van der Waals surface area contributed by atoms with E-state index in [0.717, 1.165) is 4.57 Å². The molecule has 3 rings (SSSR count). The zero-order chi connectivity index (χ0) is 21.1. The number of methoxy groups -OCH3 is 1. The number of fused-ring (bicyclic) bond motifs is 1. The van der Waals surface area contributed by atoms with Crippen LogP contribution in [0.3, 0.4) is 0 Å². The van der Waals surface area contributed by atoms with Gasteiger partial charge in [0.25, 0.3) is 5.56 Å². The number of ether oxygens (including phenoxy) is 1. The lowest BCUT2D eigenvalue weighted by Gasteiger charge is -2.18. The van der Waals surface area contributed by atoms with Gasteiger partial charge in [-0.3, -0.25) is 18.7 Å². The van der Waals surface area contributed by atoms with Gasteiger partial charge in [0.1, 0.15) is 18.1 Å². The van der Waals surface area contributed by atoms with E-state index < -0.39 is 23.5 Å². The molecule has 0 saturated heterocycles. The minimum Gasteiger partial charge on any atom is -0.496 e. The number of aromatic nitrogens is 2. The zero-order valence-electron chi connectivity index (χ0n) is 16.4. The second-order valence-corrected chi connectivity index (χ2v) is 6.61. The molecule has 29 heavy (non-hydrogen) atoms. The fourth-order valence-electron chi connectivity index (χ4n) is 3.35. The van der Waals surface area contributed by atoms with Crippen molar-refractivity contribution >= 4 is 16.8 Å². The quantitative estimate of drug-likeness (QED) is 0.689. The van der Waals surface area contributed by atoms with Gasteiger partial charge in [0.2, 0.25) is 5.91 Å². The van der Waals surface area contributed by atoms with Crippen LogP contribution in [0.4, 0.5) is 4.39 Å². The predicted molar refractivity (Wildman–Crippen MR) is 108 cm³/mol. The Bertz CT molecular complexity index is 1180. The number of nitrogens with zero attached hydrogens (tertiary/aromatic N) is 2. The average Bonchev–Trinajstić information content (AvgIpc) is 2.71. The summed E-state index contributed by atoms with van der Waals surface area (Å²) >= 11 is 0. The van der Waals surface area contributed by atoms with E-state index in [4.69, 9.17) is 4.74 Å². The molecule has 0 aliphatic carbocycles. The van der Waals surface area contributed by atoms with Crippen LogP contribution in [0, 0.1) is 5.82 Å². The molecule has 1 N–H and O–H groups in total. The third-order valence-corrected chi connectivity index (χ3v) is 4.79. The maximum absolute atomic E-state index is 13.6. The Morgan fingerprint density at radius 1 is 1.17 bits per heavy atom. The Morgan fingerprint density at radius 3 is 2.59 bits per heavy atom. The molecule has 3 aromatic rings. The third kappa shape index (κ3) is 3.91. The maximum Gasteiger partial charge on any atom is 0.331 e. The third-order valence-electron chi connectivity index (χ3n) is 4.79. The summed E-state index contributed by atoms with van der Waals surface area (Å²) in [7, 11) is 1.46. The van der Waals surface area contributed by atoms with E-state index in [9.17, 15) is 18.8 Å². The van der Waals surface area contributed by atoms with Gasteiger partial charge in [-0.15, -0.1) is 0 Å². The van der Waals surface area contributed by atoms with E-state index in [2.05, 4.69) is 5.32 Å². The second kappa shape index (κ2) is 8.30. The topological polar surface area (TPSA) is 82.3 Å². The van der Waals surface area contributed by atoms with Crippen molar-refractivity contribution in [1.82, 2.24) is 14.5 Å². The highest BCUT2D eigenvalue weighted by atomic mass is 19.1. The Labute approximate surface area is 166 Å². The maximum atomic E-state index is 13.6. The van der Waals surface area contributed by atoms with Crippen molar-refractivity contribution < 1.29 is 13.9 Å². The number of carbonyl (C=O) groups excluding carboxylic acids is 1. The van der Waals surface area contributed by atoms with E-state index in [-0.39, 0.29) is 18.6 Å². The number of nitrogens with one attached hydrogen (secondary N) is 1. The van der Waals surface area contributed by atoms with Crippen molar-refractivity contribution in [3.63, 3.8) is 0 Å². The first-order valence-electron chi connectivity index (χ1n) is 9.22. The lowest BCUT2D eigenvalue weighted by Crippen LogP contribution is -2.42. The monoisotopic (exact) mass is 399 g/mol. The van der Waals surface area contributed by atoms with E-state index >= 15 is 0 Å². The average molecular weight is 399 g/mol. The molecule has 0 aliphatic heterocycles. The van der Waals surface area contributed by atoms with Crippen LogP contribution < -0.4 is 21.3 Å². The zero-order valence-corrected chi connectivity index (χ0v) is 16.4. The van der Waals surface area contributed by atoms with Gasteiger partial charge < -0.3 is 10.1 Å². The number of benzene rings is 2. The van der Waals surface area contributed by atoms with Crippen LogP contribution in [0.25, 0.3) is 10.9 Å². The minimum atomic E-state index is -0.553. The van der Waals surface area contributed by atoms with Crippen molar-refractivity contribution in [3.8, 4) is 5.75 Å². The molecular weight excluding hydrogens is 377 g/mol. The summed E-state index contributed by atoms with van der Waals surface area (Å²) in [5, 5.41) is 3.12. The van der Waals surface area contributed by atoms with Crippen LogP contribution in [0.5, 0.6) is 5.75 Å². The first-order valence-corrected chi connectivity index (χ1v) is 9.22. The first kappa shape index (κ1) is 20.3. The lowest BCUT2D eigenvalue weighted by atomic mass is 10.1. The summed E-state index contributed by atoms with van der Waals surface area (Å²) in [4.78, 5) is 37.9. The smallest absolute Gasteiger partial charge is 0.331 e. The lowest BCUT2D eigenvalue weighted by molar-refractivity contribution is -0.122. The molecule has 1 heterocycles. The van der Waals surface area contributed by atoms with E-state index in [1.54, 1.807) is 38.1 Å². The molecular formula is C21H22FN3O4. The number of carbonyl (C=O) groups is 1. The van der Waals surface area contributed by atoms with E-state index in [1.165, 1.54) is 29.9 Å². The van der Waals surface area contributed by atoms with Crippen LogP contribution in [-0.2, 0) is 17.9 Å². The largest absolute Gasteiger partial charge is 0.496 e. The fraction of sp³-hybridized carbons (Fsp3) is 0.286. The Balaban J connectivity index is 1.94. The highest BCUT2D eigenvalue weighted by Crippen LogP contribution is 2.25. The van der Waals surface area contributed by atoms with Gasteiger partial charge in [-0.25, -0.2) is 9.18 Å². The predicted octanol–water partition coefficient (Wildman–Crippen LogP) is 2.21. The molecule has 1 aromatic heterocycles. The van der Waals surface area contributed by atoms with Gasteiger partial charge in [0, 0.05) is 12.1 Å². The number of hydrogen-bond acceptors (Lipinski definition) is 4. The van der Waals surface area contributed by atoms with E-state index in [1.807, 2.05) is 0 Å². The van der Waals surface area contributed by atoms with Gasteiger partial charge in [0.05, 0.1) is 24.1 Å². The minimum absolute atomic E-state index is 0.195. The van der Waals surface area contributed by atoms with Crippen LogP contribution in [0.2, 0.25) is 0 Å². The molecule has 0 radical (unpaired) electrons. The molecule has 8 heteroatoms. The van der Waals surface area contributed by atoms with Gasteiger partial charge in [0.15, 0.2) is 0 Å². The Hall–Kier alpha value is -3.42. The summed E-state index contributed by atoms with van der Waals surface area (Å²) in [5.41, 5.74) is -0.0696. The van der Waals surface area contributed by atoms with Crippen LogP contribution in [-0.4, -0.2) is 22.2 Å². The van der Waals surface area contributed by atoms with Crippen molar-refractivity contribution in [2.45, 2.75) is 33.0 Å². The summed E-state index contributed by atoms with van der Waals surface area (Å²) in [6.45, 7) is 3.31. The van der Waals surface area contributed by atoms with Crippen molar-refractivity contribution in [2.75, 3.05) is 7.11 Å². The standard InChI is InChI=1S/C21H22FN3O4/c1-4-24-20(27)15-7-5-6-8-17(15)25(21(24)28)12-19(26)23-13(2)16-11-14(22)9-10-18(16)29-3/h5-11,13H,4,12H2,1-3H3,(H,23,26). The number of amides is 1. The van der Waals surface area contributed by atoms with Crippen LogP contribution in [0.1, 0.15) is 25.5 Å². The highest BCUT2D eigenvalue weighted by Gasteiger charge is 2.18. The Morgan fingerprint density at radius 2 is 1.90 bits per heavy atom. The molecule has 0 saturated carbocycles. The SMILES string of the molecule is CCn1c(=O)c2ccccc2n(CC(=O)NC(C)c2cc(F)ccc2OC)c1=O. The summed E-state index contributed by atoms with van der Waals surface area (Å²) in [6.07, 6.45) is 0. The Kier molecular flexibility index (Phi) is 5.81. The van der Waals surface area contributed by atoms with Gasteiger partial charge in [-0.2, -0.15) is 0 Å². The molecule has 1 unspecified atom stereocenters. The van der Waals surface area contributed by atoms with Crippen LogP contribution >= 0.6 is 0 Å². The summed E-state index contributed by atoms with van der Waals surface area (Å²) < 4.78 is 21.2. The summed E-state index contributed by atoms with van der Waals surface area (Å²) in [5.74, 6) is -0.446. The molecule has 0 spiro atoms. The molecule has 152 valence electrons. The molecule has 0 bridgehead atoms. The number of para-hydroxylation sites is 1. The number of hydrogen-bond donors (Lipinski definition) is 1. The van der Waals surface area contributed by atoms with Gasteiger partial charge in [-0.05, 0) is 44.2 Å². The highest BCUT2D eigenvalue weighted by molar-refractivity contribution is 5.81. The number of rotatable bonds is 6. The van der Waals surface area contributed by atoms with Gasteiger partial charge >= 0.3 is 5.69 Å². The second-order valence-electron chi connectivity index (χ2n) is 6.61. The normalized spacial score (nSPS) is 12.0. The molecule has 0 aliphatic rings.